The van der Waals surface area contributed by atoms with Gasteiger partial charge in [-0.25, -0.2) is 4.79 Å². The average molecular weight is 210 g/mol. The van der Waals surface area contributed by atoms with E-state index in [1.54, 1.807) is 6.92 Å². The Morgan fingerprint density at radius 1 is 1.60 bits per heavy atom. The molecule has 0 spiro atoms. The van der Waals surface area contributed by atoms with Gasteiger partial charge in [-0.05, 0) is 18.9 Å². The maximum absolute atomic E-state index is 11.2. The Bertz CT molecular complexity index is 325. The molecule has 0 aromatic carbocycles. The van der Waals surface area contributed by atoms with Crippen LogP contribution < -0.4 is 0 Å². The maximum atomic E-state index is 11.2. The molecule has 1 N–H and O–H groups in total. The van der Waals surface area contributed by atoms with Crippen LogP contribution >= 0.6 is 0 Å². The number of hydrogen-bond acceptors (Lipinski definition) is 3. The Morgan fingerprint density at radius 2 is 2.27 bits per heavy atom. The second-order valence-corrected chi connectivity index (χ2v) is 3.28. The van der Waals surface area contributed by atoms with Gasteiger partial charge in [-0.1, -0.05) is 13.0 Å². The summed E-state index contributed by atoms with van der Waals surface area (Å²) >= 11 is 0. The fraction of sp³-hybridized carbons (Fsp3) is 0.455. The molecule has 0 heterocycles. The molecule has 0 amide bonds. The van der Waals surface area contributed by atoms with Crippen LogP contribution in [0.3, 0.4) is 0 Å². The molecule has 0 aromatic heterocycles. The highest BCUT2D eigenvalue weighted by Gasteiger charge is 2.12. The summed E-state index contributed by atoms with van der Waals surface area (Å²) in [5.41, 5.74) is 0.245. The molecular formula is C11H14O4. The van der Waals surface area contributed by atoms with Crippen LogP contribution in [0.1, 0.15) is 32.6 Å². The molecular weight excluding hydrogens is 196 g/mol. The summed E-state index contributed by atoms with van der Waals surface area (Å²) in [6, 6.07) is 0. The minimum absolute atomic E-state index is 0.0206. The van der Waals surface area contributed by atoms with Crippen molar-refractivity contribution in [3.63, 3.8) is 0 Å². The average Bonchev–Trinajstić information content (AvgIpc) is 2.12. The van der Waals surface area contributed by atoms with E-state index in [9.17, 15) is 9.59 Å². The van der Waals surface area contributed by atoms with Crippen molar-refractivity contribution < 1.29 is 19.4 Å². The van der Waals surface area contributed by atoms with Gasteiger partial charge < -0.3 is 9.84 Å². The predicted octanol–water partition coefficient (Wildman–Crippen LogP) is 2.02. The van der Waals surface area contributed by atoms with Gasteiger partial charge in [0.15, 0.2) is 0 Å². The monoisotopic (exact) mass is 210 g/mol. The number of carbonyl (C=O) groups excluding carboxylic acids is 1. The standard InChI is InChI=1S/C11H14O4/c1-2-8(11(13)14)6-7-10(12)15-9-4-3-5-9/h4,6H,2-3,5,7H2,1H3,(H,13,14). The molecule has 0 radical (unpaired) electrons. The van der Waals surface area contributed by atoms with E-state index in [-0.39, 0.29) is 12.0 Å². The van der Waals surface area contributed by atoms with Crippen LogP contribution in [-0.2, 0) is 14.3 Å². The summed E-state index contributed by atoms with van der Waals surface area (Å²) in [7, 11) is 0. The predicted molar refractivity (Wildman–Crippen MR) is 54.0 cm³/mol. The topological polar surface area (TPSA) is 63.6 Å². The summed E-state index contributed by atoms with van der Waals surface area (Å²) in [4.78, 5) is 21.8. The van der Waals surface area contributed by atoms with E-state index in [1.165, 1.54) is 6.08 Å². The Hall–Kier alpha value is -1.58. The summed E-state index contributed by atoms with van der Waals surface area (Å²) in [5.74, 6) is -0.678. The van der Waals surface area contributed by atoms with E-state index in [2.05, 4.69) is 0 Å². The molecule has 4 heteroatoms. The van der Waals surface area contributed by atoms with Gasteiger partial charge in [0.1, 0.15) is 5.76 Å². The third-order valence-electron chi connectivity index (χ3n) is 2.18. The van der Waals surface area contributed by atoms with E-state index in [0.29, 0.717) is 12.2 Å². The van der Waals surface area contributed by atoms with Crippen molar-refractivity contribution in [1.29, 1.82) is 0 Å². The Balaban J connectivity index is 2.40. The first-order valence-electron chi connectivity index (χ1n) is 4.95. The minimum Gasteiger partial charge on any atom is -0.478 e. The molecule has 0 saturated carbocycles. The second-order valence-electron chi connectivity index (χ2n) is 3.28. The molecule has 1 aliphatic carbocycles. The number of carbonyl (C=O) groups is 2. The van der Waals surface area contributed by atoms with Crippen molar-refractivity contribution in [3.05, 3.63) is 23.5 Å². The van der Waals surface area contributed by atoms with Crippen LogP contribution in [0.25, 0.3) is 0 Å². The molecule has 1 rings (SSSR count). The fourth-order valence-electron chi connectivity index (χ4n) is 1.13. The van der Waals surface area contributed by atoms with Crippen LogP contribution in [-0.4, -0.2) is 17.0 Å². The first kappa shape index (κ1) is 11.5. The Labute approximate surface area is 88.2 Å². The molecule has 1 aliphatic rings. The zero-order valence-corrected chi connectivity index (χ0v) is 8.66. The van der Waals surface area contributed by atoms with Crippen LogP contribution in [0.5, 0.6) is 0 Å². The van der Waals surface area contributed by atoms with Gasteiger partial charge in [0.2, 0.25) is 0 Å². The number of hydrogen-bond donors (Lipinski definition) is 1. The summed E-state index contributed by atoms with van der Waals surface area (Å²) in [6.07, 6.45) is 5.43. The van der Waals surface area contributed by atoms with Gasteiger partial charge >= 0.3 is 11.9 Å². The van der Waals surface area contributed by atoms with Gasteiger partial charge in [-0.3, -0.25) is 4.79 Å². The molecule has 0 atom stereocenters. The molecule has 0 fully saturated rings. The normalized spacial score (nSPS) is 15.3. The van der Waals surface area contributed by atoms with Crippen LogP contribution in [0, 0.1) is 0 Å². The third-order valence-corrected chi connectivity index (χ3v) is 2.18. The van der Waals surface area contributed by atoms with E-state index in [0.717, 1.165) is 12.8 Å². The van der Waals surface area contributed by atoms with Gasteiger partial charge in [-0.2, -0.15) is 0 Å². The largest absolute Gasteiger partial charge is 0.478 e. The molecule has 4 nitrogen and oxygen atoms in total. The first-order chi connectivity index (χ1) is 7.13. The molecule has 0 aliphatic heterocycles. The van der Waals surface area contributed by atoms with Crippen molar-refractivity contribution in [2.75, 3.05) is 0 Å². The Morgan fingerprint density at radius 3 is 2.67 bits per heavy atom. The van der Waals surface area contributed by atoms with Gasteiger partial charge in [-0.15, -0.1) is 0 Å². The highest BCUT2D eigenvalue weighted by atomic mass is 16.5. The highest BCUT2D eigenvalue weighted by molar-refractivity contribution is 5.87. The van der Waals surface area contributed by atoms with Gasteiger partial charge in [0, 0.05) is 12.0 Å². The lowest BCUT2D eigenvalue weighted by molar-refractivity contribution is -0.139. The molecule has 0 aromatic rings. The van der Waals surface area contributed by atoms with Crippen LogP contribution in [0.2, 0.25) is 0 Å². The quantitative estimate of drug-likeness (QED) is 0.557. The molecule has 0 bridgehead atoms. The highest BCUT2D eigenvalue weighted by Crippen LogP contribution is 2.19. The Kier molecular flexibility index (Phi) is 4.09. The second kappa shape index (κ2) is 5.34. The SMILES string of the molecule is CCC(=CCC(=O)OC1=CCC1)C(=O)O. The smallest absolute Gasteiger partial charge is 0.331 e. The van der Waals surface area contributed by atoms with E-state index >= 15 is 0 Å². The van der Waals surface area contributed by atoms with E-state index < -0.39 is 11.9 Å². The minimum atomic E-state index is -0.979. The third kappa shape index (κ3) is 3.58. The van der Waals surface area contributed by atoms with Crippen LogP contribution in [0.4, 0.5) is 0 Å². The van der Waals surface area contributed by atoms with E-state index in [1.807, 2.05) is 6.08 Å². The molecule has 15 heavy (non-hydrogen) atoms. The molecule has 0 unspecified atom stereocenters. The lowest BCUT2D eigenvalue weighted by Crippen LogP contribution is -2.08. The van der Waals surface area contributed by atoms with Crippen LogP contribution in [0.15, 0.2) is 23.5 Å². The van der Waals surface area contributed by atoms with Crippen molar-refractivity contribution in [3.8, 4) is 0 Å². The lowest BCUT2D eigenvalue weighted by Gasteiger charge is -2.13. The summed E-state index contributed by atoms with van der Waals surface area (Å²) < 4.78 is 4.95. The number of allylic oxidation sites excluding steroid dienone is 2. The van der Waals surface area contributed by atoms with Crippen molar-refractivity contribution in [2.24, 2.45) is 0 Å². The zero-order valence-electron chi connectivity index (χ0n) is 8.66. The fourth-order valence-corrected chi connectivity index (χ4v) is 1.13. The first-order valence-corrected chi connectivity index (χ1v) is 4.95. The summed E-state index contributed by atoms with van der Waals surface area (Å²) in [6.45, 7) is 1.74. The number of carboxylic acids is 1. The summed E-state index contributed by atoms with van der Waals surface area (Å²) in [5, 5.41) is 8.69. The number of rotatable bonds is 5. The van der Waals surface area contributed by atoms with Crippen molar-refractivity contribution in [2.45, 2.75) is 32.6 Å². The van der Waals surface area contributed by atoms with Crippen molar-refractivity contribution >= 4 is 11.9 Å². The van der Waals surface area contributed by atoms with Gasteiger partial charge in [0.05, 0.1) is 6.42 Å². The number of ether oxygens (including phenoxy) is 1. The maximum Gasteiger partial charge on any atom is 0.331 e. The lowest BCUT2D eigenvalue weighted by atomic mass is 10.1. The molecule has 0 saturated heterocycles. The molecule has 82 valence electrons. The van der Waals surface area contributed by atoms with E-state index in [4.69, 9.17) is 9.84 Å². The number of esters is 1. The number of aliphatic carboxylic acids is 1. The van der Waals surface area contributed by atoms with Crippen molar-refractivity contribution in [1.82, 2.24) is 0 Å². The van der Waals surface area contributed by atoms with Gasteiger partial charge in [0.25, 0.3) is 0 Å². The number of carboxylic acid groups (broad SMARTS) is 1. The zero-order chi connectivity index (χ0) is 11.3.